The summed E-state index contributed by atoms with van der Waals surface area (Å²) in [5.41, 5.74) is 8.64. The van der Waals surface area contributed by atoms with Gasteiger partial charge in [0.05, 0.1) is 18.5 Å². The van der Waals surface area contributed by atoms with E-state index in [4.69, 9.17) is 45.3 Å². The molecule has 4 N–H and O–H groups in total. The highest BCUT2D eigenvalue weighted by Crippen LogP contribution is 2.31. The number of amides is 1. The summed E-state index contributed by atoms with van der Waals surface area (Å²) in [6, 6.07) is 4.29. The quantitative estimate of drug-likeness (QED) is 0.463. The zero-order valence-corrected chi connectivity index (χ0v) is 15.4. The molecular weight excluding hydrogens is 394 g/mol. The Morgan fingerprint density at radius 1 is 1.32 bits per heavy atom. The number of halogens is 4. The number of carbonyl (C=O) groups is 1. The molecule has 1 amide bonds. The minimum atomic E-state index is -0.691. The molecule has 0 aliphatic carbocycles. The highest BCUT2D eigenvalue weighted by molar-refractivity contribution is 6.45. The van der Waals surface area contributed by atoms with Crippen LogP contribution in [-0.2, 0) is 0 Å². The van der Waals surface area contributed by atoms with Gasteiger partial charge in [0.2, 0.25) is 0 Å². The van der Waals surface area contributed by atoms with Crippen molar-refractivity contribution in [2.45, 2.75) is 6.92 Å². The van der Waals surface area contributed by atoms with E-state index in [0.29, 0.717) is 11.3 Å². The summed E-state index contributed by atoms with van der Waals surface area (Å²) in [4.78, 5) is 14.7. The fourth-order valence-corrected chi connectivity index (χ4v) is 2.49. The van der Waals surface area contributed by atoms with Crippen LogP contribution in [0, 0.1) is 5.82 Å². The van der Waals surface area contributed by atoms with Crippen molar-refractivity contribution in [3.05, 3.63) is 50.5 Å². The number of nitrogen functional groups attached to an aromatic ring is 1. The van der Waals surface area contributed by atoms with Crippen LogP contribution in [0.4, 0.5) is 10.1 Å². The monoisotopic (exact) mass is 405 g/mol. The van der Waals surface area contributed by atoms with Gasteiger partial charge in [0.1, 0.15) is 10.0 Å². The summed E-state index contributed by atoms with van der Waals surface area (Å²) < 4.78 is 18.6. The van der Waals surface area contributed by atoms with Gasteiger partial charge in [0.15, 0.2) is 11.6 Å². The number of methoxy groups -OCH3 is 1. The minimum absolute atomic E-state index is 0.0107. The summed E-state index contributed by atoms with van der Waals surface area (Å²) in [6.07, 6.45) is 0. The largest absolute Gasteiger partial charge is 0.494 e. The van der Waals surface area contributed by atoms with Gasteiger partial charge >= 0.3 is 5.91 Å². The molecule has 1 aromatic carbocycles. The van der Waals surface area contributed by atoms with Gasteiger partial charge in [-0.2, -0.15) is 10.1 Å². The fourth-order valence-electron chi connectivity index (χ4n) is 1.87. The summed E-state index contributed by atoms with van der Waals surface area (Å²) in [5, 5.41) is 3.79. The molecular formula is C15H13Cl3FN4O2+. The van der Waals surface area contributed by atoms with Gasteiger partial charge in [-0.15, -0.1) is 0 Å². The molecule has 0 aliphatic rings. The maximum absolute atomic E-state index is 13.7. The van der Waals surface area contributed by atoms with Crippen molar-refractivity contribution in [3.63, 3.8) is 0 Å². The average molecular weight is 407 g/mol. The molecule has 0 radical (unpaired) electrons. The lowest BCUT2D eigenvalue weighted by Gasteiger charge is -2.06. The summed E-state index contributed by atoms with van der Waals surface area (Å²) >= 11 is 17.7. The van der Waals surface area contributed by atoms with E-state index < -0.39 is 11.7 Å². The number of anilines is 1. The van der Waals surface area contributed by atoms with E-state index >= 15 is 0 Å². The van der Waals surface area contributed by atoms with Crippen LogP contribution in [0.15, 0.2) is 23.3 Å². The SMILES string of the molecule is COc1ccc(/C(C)=N/NC(=O)c2[nH+]c(Cl)c(Cl)c(N)c2Cl)cc1F. The molecule has 132 valence electrons. The Bertz CT molecular complexity index is 874. The van der Waals surface area contributed by atoms with Gasteiger partial charge in [0.25, 0.3) is 10.8 Å². The lowest BCUT2D eigenvalue weighted by Crippen LogP contribution is -2.29. The maximum atomic E-state index is 13.7. The van der Waals surface area contributed by atoms with E-state index in [2.05, 4.69) is 15.5 Å². The van der Waals surface area contributed by atoms with E-state index in [1.54, 1.807) is 13.0 Å². The standard InChI is InChI=1S/C15H12Cl3FN4O2/c1-6(7-3-4-9(25-2)8(19)5-7)22-23-15(24)13-10(16)12(20)11(17)14(18)21-13/h3-5H,1-2H3,(H2,20,21)(H,23,24)/p+1/b22-6+. The van der Waals surface area contributed by atoms with E-state index in [9.17, 15) is 9.18 Å². The molecule has 2 aromatic rings. The number of hydrogen-bond donors (Lipinski definition) is 2. The van der Waals surface area contributed by atoms with E-state index in [0.717, 1.165) is 0 Å². The van der Waals surface area contributed by atoms with Crippen LogP contribution in [0.25, 0.3) is 0 Å². The van der Waals surface area contributed by atoms with Crippen molar-refractivity contribution in [2.24, 2.45) is 5.10 Å². The zero-order chi connectivity index (χ0) is 18.7. The van der Waals surface area contributed by atoms with Crippen LogP contribution in [0.2, 0.25) is 15.2 Å². The van der Waals surface area contributed by atoms with Crippen molar-refractivity contribution >= 4 is 52.1 Å². The number of benzene rings is 1. The third-order valence-corrected chi connectivity index (χ3v) is 4.41. The number of carbonyl (C=O) groups excluding carboxylic acids is 1. The summed E-state index contributed by atoms with van der Waals surface area (Å²) in [7, 11) is 1.36. The number of aromatic nitrogens is 1. The number of rotatable bonds is 4. The second-order valence-electron chi connectivity index (χ2n) is 4.84. The van der Waals surface area contributed by atoms with Crippen molar-refractivity contribution in [3.8, 4) is 5.75 Å². The van der Waals surface area contributed by atoms with Gasteiger partial charge in [-0.3, -0.25) is 4.79 Å². The Morgan fingerprint density at radius 3 is 2.60 bits per heavy atom. The molecule has 2 rings (SSSR count). The number of nitrogens with zero attached hydrogens (tertiary/aromatic N) is 1. The molecule has 1 heterocycles. The first kappa shape index (κ1) is 19.2. The first-order valence-electron chi connectivity index (χ1n) is 6.80. The minimum Gasteiger partial charge on any atom is -0.494 e. The van der Waals surface area contributed by atoms with Crippen molar-refractivity contribution < 1.29 is 18.9 Å². The molecule has 0 atom stereocenters. The van der Waals surface area contributed by atoms with Crippen LogP contribution >= 0.6 is 34.8 Å². The van der Waals surface area contributed by atoms with Crippen LogP contribution in [-0.4, -0.2) is 18.7 Å². The highest BCUT2D eigenvalue weighted by Gasteiger charge is 2.26. The fraction of sp³-hybridized carbons (Fsp3) is 0.133. The molecule has 25 heavy (non-hydrogen) atoms. The molecule has 6 nitrogen and oxygen atoms in total. The van der Waals surface area contributed by atoms with E-state index in [1.165, 1.54) is 19.2 Å². The summed E-state index contributed by atoms with van der Waals surface area (Å²) in [5.74, 6) is -1.13. The molecule has 0 saturated carbocycles. The van der Waals surface area contributed by atoms with Crippen LogP contribution in [0.3, 0.4) is 0 Å². The number of pyridine rings is 1. The average Bonchev–Trinajstić information content (AvgIpc) is 2.60. The number of aromatic amines is 1. The molecule has 0 fully saturated rings. The van der Waals surface area contributed by atoms with Crippen LogP contribution < -0.4 is 20.9 Å². The van der Waals surface area contributed by atoms with Crippen molar-refractivity contribution in [1.82, 2.24) is 5.43 Å². The predicted molar refractivity (Wildman–Crippen MR) is 95.1 cm³/mol. The van der Waals surface area contributed by atoms with Gasteiger partial charge in [-0.05, 0) is 36.7 Å². The predicted octanol–water partition coefficient (Wildman–Crippen LogP) is 3.34. The normalized spacial score (nSPS) is 11.4. The first-order valence-corrected chi connectivity index (χ1v) is 7.93. The zero-order valence-electron chi connectivity index (χ0n) is 13.1. The molecule has 1 aromatic heterocycles. The molecule has 0 saturated heterocycles. The number of hydrogen-bond acceptors (Lipinski definition) is 4. The van der Waals surface area contributed by atoms with Gasteiger partial charge < -0.3 is 10.5 Å². The number of hydrazone groups is 1. The summed E-state index contributed by atoms with van der Waals surface area (Å²) in [6.45, 7) is 1.59. The van der Waals surface area contributed by atoms with Crippen molar-refractivity contribution in [1.29, 1.82) is 0 Å². The van der Waals surface area contributed by atoms with Crippen LogP contribution in [0.5, 0.6) is 5.75 Å². The maximum Gasteiger partial charge on any atom is 0.337 e. The van der Waals surface area contributed by atoms with Crippen molar-refractivity contribution in [2.75, 3.05) is 12.8 Å². The topological polar surface area (TPSA) is 90.8 Å². The smallest absolute Gasteiger partial charge is 0.337 e. The van der Waals surface area contributed by atoms with E-state index in [1.807, 2.05) is 0 Å². The molecule has 10 heteroatoms. The first-order chi connectivity index (χ1) is 11.8. The Hall–Kier alpha value is -2.09. The van der Waals surface area contributed by atoms with E-state index in [-0.39, 0.29) is 32.3 Å². The van der Waals surface area contributed by atoms with Gasteiger partial charge in [-0.1, -0.05) is 23.2 Å². The second-order valence-corrected chi connectivity index (χ2v) is 5.98. The number of ether oxygens (including phenoxy) is 1. The second kappa shape index (κ2) is 7.86. The number of nitrogens with one attached hydrogen (secondary N) is 2. The Balaban J connectivity index is 2.24. The molecule has 0 unspecified atom stereocenters. The Morgan fingerprint density at radius 2 is 2.00 bits per heavy atom. The third kappa shape index (κ3) is 4.12. The highest BCUT2D eigenvalue weighted by atomic mass is 35.5. The Labute approximate surface area is 157 Å². The lowest BCUT2D eigenvalue weighted by molar-refractivity contribution is -0.379. The Kier molecular flexibility index (Phi) is 6.05. The van der Waals surface area contributed by atoms with Crippen LogP contribution in [0.1, 0.15) is 23.0 Å². The number of H-pyrrole nitrogens is 1. The number of nitrogens with two attached hydrogens (primary N) is 1. The molecule has 0 spiro atoms. The van der Waals surface area contributed by atoms with Gasteiger partial charge in [0, 0.05) is 5.56 Å². The van der Waals surface area contributed by atoms with Gasteiger partial charge in [-0.25, -0.2) is 9.82 Å². The molecule has 0 bridgehead atoms. The third-order valence-electron chi connectivity index (χ3n) is 3.24. The lowest BCUT2D eigenvalue weighted by atomic mass is 10.1. The molecule has 0 aliphatic heterocycles.